The molecule has 1 N–H and O–H groups in total. The lowest BCUT2D eigenvalue weighted by Gasteiger charge is -2.09. The molecule has 0 spiro atoms. The molecule has 0 fully saturated rings. The molecule has 0 heterocycles. The molecule has 0 aliphatic heterocycles. The van der Waals surface area contributed by atoms with E-state index in [-0.39, 0.29) is 24.4 Å². The van der Waals surface area contributed by atoms with Gasteiger partial charge in [-0.15, -0.1) is 0 Å². The third-order valence-corrected chi connectivity index (χ3v) is 4.74. The number of halogens is 1. The average molecular weight is 434 g/mol. The van der Waals surface area contributed by atoms with E-state index < -0.39 is 5.91 Å². The fourth-order valence-corrected chi connectivity index (χ4v) is 3.05. The van der Waals surface area contributed by atoms with Gasteiger partial charge in [-0.3, -0.25) is 9.59 Å². The highest BCUT2D eigenvalue weighted by molar-refractivity contribution is 6.13. The quantitative estimate of drug-likeness (QED) is 0.308. The number of nitrogens with one attached hydrogen (secondary N) is 1. The summed E-state index contributed by atoms with van der Waals surface area (Å²) >= 11 is 0. The van der Waals surface area contributed by atoms with Crippen molar-refractivity contribution >= 4 is 17.4 Å². The van der Waals surface area contributed by atoms with Gasteiger partial charge < -0.3 is 9.47 Å². The van der Waals surface area contributed by atoms with E-state index in [1.54, 1.807) is 30.3 Å². The fraction of sp³-hybridized carbons (Fsp3) is 0.160. The second-order valence-electron chi connectivity index (χ2n) is 6.86. The number of carbonyl (C=O) groups excluding carboxylic acids is 2. The van der Waals surface area contributed by atoms with Crippen LogP contribution in [-0.2, 0) is 4.79 Å². The molecule has 0 aromatic heterocycles. The standard InChI is InChI=1S/C25H23FN2O4/c1-31-22-14-10-19(16-23(22)32-2)21(29)13-15-24(30)27-28-25(17-6-4-3-5-7-17)18-8-11-20(26)12-9-18/h3-12,14,16H,13,15H2,1-2H3,(H,27,30)/b28-25-. The van der Waals surface area contributed by atoms with Gasteiger partial charge >= 0.3 is 0 Å². The number of nitrogens with zero attached hydrogens (tertiary/aromatic N) is 1. The SMILES string of the molecule is COc1ccc(C(=O)CCC(=O)N/N=C(/c2ccccc2)c2ccc(F)cc2)cc1OC. The lowest BCUT2D eigenvalue weighted by molar-refractivity contribution is -0.121. The predicted molar refractivity (Wildman–Crippen MR) is 120 cm³/mol. The Bertz CT molecular complexity index is 1110. The lowest BCUT2D eigenvalue weighted by atomic mass is 10.0. The Labute approximate surface area is 185 Å². The summed E-state index contributed by atoms with van der Waals surface area (Å²) in [5, 5.41) is 4.24. The van der Waals surface area contributed by atoms with Gasteiger partial charge in [0.1, 0.15) is 5.82 Å². The molecule has 0 aliphatic rings. The van der Waals surface area contributed by atoms with Gasteiger partial charge in [0.05, 0.1) is 19.9 Å². The van der Waals surface area contributed by atoms with E-state index >= 15 is 0 Å². The Kier molecular flexibility index (Phi) is 7.70. The molecule has 1 amide bonds. The number of benzene rings is 3. The number of ketones is 1. The van der Waals surface area contributed by atoms with Crippen LogP contribution in [0.2, 0.25) is 0 Å². The number of rotatable bonds is 9. The van der Waals surface area contributed by atoms with E-state index in [4.69, 9.17) is 9.47 Å². The van der Waals surface area contributed by atoms with Gasteiger partial charge in [0.25, 0.3) is 0 Å². The molecule has 0 bridgehead atoms. The minimum absolute atomic E-state index is 0.00799. The van der Waals surface area contributed by atoms with Crippen LogP contribution in [0.5, 0.6) is 11.5 Å². The van der Waals surface area contributed by atoms with Crippen LogP contribution in [0, 0.1) is 5.82 Å². The summed E-state index contributed by atoms with van der Waals surface area (Å²) in [5.74, 6) is -0.00953. The second kappa shape index (κ2) is 10.9. The Morgan fingerprint density at radius 1 is 0.812 bits per heavy atom. The van der Waals surface area contributed by atoms with Crippen molar-refractivity contribution in [3.63, 3.8) is 0 Å². The van der Waals surface area contributed by atoms with Crippen molar-refractivity contribution in [2.45, 2.75) is 12.8 Å². The summed E-state index contributed by atoms with van der Waals surface area (Å²) in [6.07, 6.45) is -0.0315. The molecule has 0 radical (unpaired) electrons. The van der Waals surface area contributed by atoms with E-state index in [1.807, 2.05) is 30.3 Å². The van der Waals surface area contributed by atoms with Crippen LogP contribution in [0.1, 0.15) is 34.3 Å². The first-order valence-corrected chi connectivity index (χ1v) is 9.95. The van der Waals surface area contributed by atoms with Crippen molar-refractivity contribution in [3.05, 3.63) is 95.3 Å². The van der Waals surface area contributed by atoms with E-state index in [1.165, 1.54) is 26.4 Å². The Hall–Kier alpha value is -4.00. The molecule has 6 nitrogen and oxygen atoms in total. The molecule has 0 aliphatic carbocycles. The molecule has 3 rings (SSSR count). The highest BCUT2D eigenvalue weighted by atomic mass is 19.1. The van der Waals surface area contributed by atoms with E-state index in [0.717, 1.165) is 5.56 Å². The highest BCUT2D eigenvalue weighted by Crippen LogP contribution is 2.28. The highest BCUT2D eigenvalue weighted by Gasteiger charge is 2.13. The van der Waals surface area contributed by atoms with E-state index in [9.17, 15) is 14.0 Å². The van der Waals surface area contributed by atoms with Gasteiger partial charge in [-0.05, 0) is 42.5 Å². The van der Waals surface area contributed by atoms with Crippen molar-refractivity contribution in [2.24, 2.45) is 5.10 Å². The smallest absolute Gasteiger partial charge is 0.240 e. The largest absolute Gasteiger partial charge is 0.493 e. The third-order valence-electron chi connectivity index (χ3n) is 4.74. The fourth-order valence-electron chi connectivity index (χ4n) is 3.05. The molecule has 3 aromatic rings. The zero-order valence-corrected chi connectivity index (χ0v) is 17.8. The Morgan fingerprint density at radius 3 is 2.09 bits per heavy atom. The normalized spacial score (nSPS) is 11.0. The number of hydrazone groups is 1. The van der Waals surface area contributed by atoms with Crippen LogP contribution in [0.15, 0.2) is 77.9 Å². The van der Waals surface area contributed by atoms with Crippen molar-refractivity contribution in [1.29, 1.82) is 0 Å². The molecule has 32 heavy (non-hydrogen) atoms. The van der Waals surface area contributed by atoms with Gasteiger partial charge in [-0.1, -0.05) is 30.3 Å². The molecule has 3 aromatic carbocycles. The minimum atomic E-state index is -0.408. The van der Waals surface area contributed by atoms with Crippen LogP contribution in [0.25, 0.3) is 0 Å². The molecule has 164 valence electrons. The summed E-state index contributed by atoms with van der Waals surface area (Å²) < 4.78 is 23.7. The van der Waals surface area contributed by atoms with Crippen LogP contribution >= 0.6 is 0 Å². The minimum Gasteiger partial charge on any atom is -0.493 e. The number of hydrogen-bond donors (Lipinski definition) is 1. The lowest BCUT2D eigenvalue weighted by Crippen LogP contribution is -2.21. The van der Waals surface area contributed by atoms with Gasteiger partial charge in [-0.25, -0.2) is 9.82 Å². The van der Waals surface area contributed by atoms with Gasteiger partial charge in [0, 0.05) is 29.5 Å². The average Bonchev–Trinajstić information content (AvgIpc) is 2.83. The third kappa shape index (κ3) is 5.78. The predicted octanol–water partition coefficient (Wildman–Crippen LogP) is 4.37. The first-order chi connectivity index (χ1) is 15.5. The van der Waals surface area contributed by atoms with Crippen molar-refractivity contribution in [3.8, 4) is 11.5 Å². The number of amides is 1. The van der Waals surface area contributed by atoms with Crippen LogP contribution < -0.4 is 14.9 Å². The van der Waals surface area contributed by atoms with Gasteiger partial charge in [0.15, 0.2) is 17.3 Å². The molecule has 0 unspecified atom stereocenters. The number of carbonyl (C=O) groups is 2. The zero-order valence-electron chi connectivity index (χ0n) is 17.8. The molecule has 0 saturated carbocycles. The maximum atomic E-state index is 13.3. The number of methoxy groups -OCH3 is 2. The maximum Gasteiger partial charge on any atom is 0.240 e. The molecule has 0 atom stereocenters. The monoisotopic (exact) mass is 434 g/mol. The first-order valence-electron chi connectivity index (χ1n) is 9.95. The molecule has 0 saturated heterocycles. The van der Waals surface area contributed by atoms with E-state index in [2.05, 4.69) is 10.5 Å². The zero-order chi connectivity index (χ0) is 22.9. The summed E-state index contributed by atoms with van der Waals surface area (Å²) in [6, 6.07) is 19.9. The van der Waals surface area contributed by atoms with E-state index in [0.29, 0.717) is 28.3 Å². The maximum absolute atomic E-state index is 13.3. The Balaban J connectivity index is 1.68. The number of ether oxygens (including phenoxy) is 2. The van der Waals surface area contributed by atoms with Crippen LogP contribution in [-0.4, -0.2) is 31.6 Å². The van der Waals surface area contributed by atoms with Crippen LogP contribution in [0.4, 0.5) is 4.39 Å². The molecular formula is C25H23FN2O4. The van der Waals surface area contributed by atoms with Crippen molar-refractivity contribution < 1.29 is 23.5 Å². The molecule has 7 heteroatoms. The van der Waals surface area contributed by atoms with Crippen molar-refractivity contribution in [1.82, 2.24) is 5.43 Å². The summed E-state index contributed by atoms with van der Waals surface area (Å²) in [7, 11) is 3.00. The van der Waals surface area contributed by atoms with Gasteiger partial charge in [-0.2, -0.15) is 5.10 Å². The summed E-state index contributed by atoms with van der Waals surface area (Å²) in [4.78, 5) is 24.8. The molecular weight excluding hydrogens is 411 g/mol. The van der Waals surface area contributed by atoms with Crippen molar-refractivity contribution in [2.75, 3.05) is 14.2 Å². The first kappa shape index (κ1) is 22.7. The number of Topliss-reactive ketones (excluding diaryl/α,β-unsaturated/α-hetero) is 1. The van der Waals surface area contributed by atoms with Crippen LogP contribution in [0.3, 0.4) is 0 Å². The topological polar surface area (TPSA) is 77.0 Å². The summed E-state index contributed by atoms with van der Waals surface area (Å²) in [5.41, 5.74) is 4.83. The Morgan fingerprint density at radius 2 is 1.44 bits per heavy atom. The number of hydrogen-bond acceptors (Lipinski definition) is 5. The second-order valence-corrected chi connectivity index (χ2v) is 6.86. The van der Waals surface area contributed by atoms with Gasteiger partial charge in [0.2, 0.25) is 5.91 Å². The summed E-state index contributed by atoms with van der Waals surface area (Å²) in [6.45, 7) is 0.